The van der Waals surface area contributed by atoms with E-state index in [4.69, 9.17) is 19.3 Å². The van der Waals surface area contributed by atoms with E-state index in [-0.39, 0.29) is 24.9 Å². The first kappa shape index (κ1) is 18.4. The molecule has 6 nitrogen and oxygen atoms in total. The zero-order valence-electron chi connectivity index (χ0n) is 14.9. The molecule has 26 heavy (non-hydrogen) atoms. The van der Waals surface area contributed by atoms with Crippen molar-refractivity contribution in [2.45, 2.75) is 24.9 Å². The van der Waals surface area contributed by atoms with E-state index in [1.807, 2.05) is 12.1 Å². The number of fused-ring (bicyclic) bond motifs is 1. The van der Waals surface area contributed by atoms with Crippen LogP contribution in [0.1, 0.15) is 35.1 Å². The Bertz CT molecular complexity index is 773. The van der Waals surface area contributed by atoms with Gasteiger partial charge in [0.1, 0.15) is 17.6 Å². The molecule has 0 aromatic heterocycles. The Labute approximate surface area is 152 Å². The maximum Gasteiger partial charge on any atom is 0.165 e. The predicted molar refractivity (Wildman–Crippen MR) is 96.3 cm³/mol. The third kappa shape index (κ3) is 3.43. The number of rotatable bonds is 7. The average Bonchev–Trinajstić information content (AvgIpc) is 3.03. The van der Waals surface area contributed by atoms with Crippen molar-refractivity contribution in [1.82, 2.24) is 0 Å². The smallest absolute Gasteiger partial charge is 0.165 e. The molecule has 1 heterocycles. The topological polar surface area (TPSA) is 88.4 Å². The van der Waals surface area contributed by atoms with Gasteiger partial charge in [0, 0.05) is 23.8 Å². The molecule has 6 heteroatoms. The first-order chi connectivity index (χ1) is 12.6. The Morgan fingerprint density at radius 1 is 1.04 bits per heavy atom. The zero-order chi connectivity index (χ0) is 18.7. The zero-order valence-corrected chi connectivity index (χ0v) is 14.9. The molecule has 1 aliphatic rings. The molecule has 1 aliphatic heterocycles. The Hall–Kier alpha value is -2.44. The van der Waals surface area contributed by atoms with Gasteiger partial charge in [0.2, 0.25) is 0 Å². The van der Waals surface area contributed by atoms with Gasteiger partial charge < -0.3 is 29.5 Å². The number of benzene rings is 2. The van der Waals surface area contributed by atoms with E-state index in [1.54, 1.807) is 19.2 Å². The molecule has 2 aromatic carbocycles. The molecule has 0 saturated carbocycles. The fraction of sp³-hybridized carbons (Fsp3) is 0.400. The number of aliphatic hydroxyl groups is 2. The van der Waals surface area contributed by atoms with Crippen molar-refractivity contribution in [1.29, 1.82) is 0 Å². The van der Waals surface area contributed by atoms with Crippen LogP contribution in [0, 0.1) is 0 Å². The summed E-state index contributed by atoms with van der Waals surface area (Å²) in [6, 6.07) is 8.81. The lowest BCUT2D eigenvalue weighted by Crippen LogP contribution is -2.13. The van der Waals surface area contributed by atoms with Crippen LogP contribution in [0.5, 0.6) is 23.0 Å². The summed E-state index contributed by atoms with van der Waals surface area (Å²) in [5, 5.41) is 29.1. The van der Waals surface area contributed by atoms with Gasteiger partial charge >= 0.3 is 0 Å². The quantitative estimate of drug-likeness (QED) is 0.703. The van der Waals surface area contributed by atoms with E-state index in [0.717, 1.165) is 16.7 Å². The van der Waals surface area contributed by atoms with Crippen LogP contribution in [0.4, 0.5) is 0 Å². The standard InChI is InChI=1S/C20H24O6/c1-24-15-9-13(8-14(23)10-15)19-17(11-22)16-6-12(4-3-5-21)7-18(25-2)20(16)26-19/h6-10,17,19,21-23H,3-5,11H2,1-2H3. The normalized spacial score (nSPS) is 18.3. The van der Waals surface area contributed by atoms with Crippen molar-refractivity contribution < 1.29 is 29.5 Å². The van der Waals surface area contributed by atoms with Crippen molar-refractivity contribution in [3.05, 3.63) is 47.0 Å². The van der Waals surface area contributed by atoms with Crippen molar-refractivity contribution in [2.75, 3.05) is 27.4 Å². The summed E-state index contributed by atoms with van der Waals surface area (Å²) in [7, 11) is 3.11. The molecule has 2 unspecified atom stereocenters. The van der Waals surface area contributed by atoms with Crippen molar-refractivity contribution >= 4 is 0 Å². The Balaban J connectivity index is 2.02. The first-order valence-corrected chi connectivity index (χ1v) is 8.58. The van der Waals surface area contributed by atoms with Crippen LogP contribution in [0.15, 0.2) is 30.3 Å². The van der Waals surface area contributed by atoms with Crippen LogP contribution < -0.4 is 14.2 Å². The number of hydrogen-bond acceptors (Lipinski definition) is 6. The molecule has 3 rings (SSSR count). The largest absolute Gasteiger partial charge is 0.508 e. The summed E-state index contributed by atoms with van der Waals surface area (Å²) in [6.07, 6.45) is 0.904. The molecule has 3 N–H and O–H groups in total. The monoisotopic (exact) mass is 360 g/mol. The number of phenolic OH excluding ortho intramolecular Hbond substituents is 1. The van der Waals surface area contributed by atoms with E-state index in [2.05, 4.69) is 0 Å². The number of methoxy groups -OCH3 is 2. The highest BCUT2D eigenvalue weighted by atomic mass is 16.5. The van der Waals surface area contributed by atoms with Crippen LogP contribution in [0.2, 0.25) is 0 Å². The molecule has 0 bridgehead atoms. The van der Waals surface area contributed by atoms with Crippen LogP contribution in [-0.4, -0.2) is 42.8 Å². The van der Waals surface area contributed by atoms with E-state index < -0.39 is 6.10 Å². The van der Waals surface area contributed by atoms with Gasteiger partial charge in [0.25, 0.3) is 0 Å². The summed E-state index contributed by atoms with van der Waals surface area (Å²) in [4.78, 5) is 0. The highest BCUT2D eigenvalue weighted by Gasteiger charge is 2.38. The van der Waals surface area contributed by atoms with Crippen LogP contribution in [-0.2, 0) is 6.42 Å². The van der Waals surface area contributed by atoms with E-state index in [0.29, 0.717) is 30.1 Å². The second-order valence-electron chi connectivity index (χ2n) is 6.34. The van der Waals surface area contributed by atoms with E-state index in [9.17, 15) is 10.2 Å². The lowest BCUT2D eigenvalue weighted by molar-refractivity contribution is 0.156. The van der Waals surface area contributed by atoms with Crippen LogP contribution >= 0.6 is 0 Å². The summed E-state index contributed by atoms with van der Waals surface area (Å²) in [5.74, 6) is 1.51. The van der Waals surface area contributed by atoms with Crippen molar-refractivity contribution in [3.63, 3.8) is 0 Å². The minimum atomic E-state index is -0.460. The van der Waals surface area contributed by atoms with E-state index >= 15 is 0 Å². The molecular formula is C20H24O6. The molecule has 0 saturated heterocycles. The second-order valence-corrected chi connectivity index (χ2v) is 6.34. The van der Waals surface area contributed by atoms with Gasteiger partial charge in [0.15, 0.2) is 11.5 Å². The van der Waals surface area contributed by atoms with Gasteiger partial charge in [0.05, 0.1) is 26.7 Å². The third-order valence-corrected chi connectivity index (χ3v) is 4.67. The second kappa shape index (κ2) is 7.85. The molecular weight excluding hydrogens is 336 g/mol. The van der Waals surface area contributed by atoms with Gasteiger partial charge in [-0.25, -0.2) is 0 Å². The van der Waals surface area contributed by atoms with Gasteiger partial charge in [-0.05, 0) is 36.6 Å². The average molecular weight is 360 g/mol. The highest BCUT2D eigenvalue weighted by Crippen LogP contribution is 2.51. The number of aromatic hydroxyl groups is 1. The Morgan fingerprint density at radius 3 is 2.50 bits per heavy atom. The summed E-state index contributed by atoms with van der Waals surface area (Å²) >= 11 is 0. The first-order valence-electron chi connectivity index (χ1n) is 8.58. The summed E-state index contributed by atoms with van der Waals surface area (Å²) in [6.45, 7) is 0.00723. The van der Waals surface area contributed by atoms with Gasteiger partial charge in [-0.1, -0.05) is 6.07 Å². The summed E-state index contributed by atoms with van der Waals surface area (Å²) in [5.41, 5.74) is 2.61. The lowest BCUT2D eigenvalue weighted by atomic mass is 9.90. The molecule has 0 aliphatic carbocycles. The molecule has 0 amide bonds. The SMILES string of the molecule is COc1cc(O)cc(C2Oc3c(OC)cc(CCCO)cc3C2CO)c1. The molecule has 140 valence electrons. The maximum atomic E-state index is 10.0. The van der Waals surface area contributed by atoms with Crippen molar-refractivity contribution in [3.8, 4) is 23.0 Å². The summed E-state index contributed by atoms with van der Waals surface area (Å²) < 4.78 is 16.8. The van der Waals surface area contributed by atoms with E-state index in [1.165, 1.54) is 13.2 Å². The molecule has 0 spiro atoms. The van der Waals surface area contributed by atoms with Crippen molar-refractivity contribution in [2.24, 2.45) is 0 Å². The number of hydrogen-bond donors (Lipinski definition) is 3. The number of ether oxygens (including phenoxy) is 3. The molecule has 0 fully saturated rings. The van der Waals surface area contributed by atoms with Gasteiger partial charge in [-0.15, -0.1) is 0 Å². The van der Waals surface area contributed by atoms with Crippen LogP contribution in [0.3, 0.4) is 0 Å². The fourth-order valence-corrected chi connectivity index (χ4v) is 3.42. The number of aliphatic hydroxyl groups excluding tert-OH is 2. The molecule has 2 atom stereocenters. The highest BCUT2D eigenvalue weighted by molar-refractivity contribution is 5.55. The third-order valence-electron chi connectivity index (χ3n) is 4.67. The van der Waals surface area contributed by atoms with Gasteiger partial charge in [-0.2, -0.15) is 0 Å². The molecule has 0 radical (unpaired) electrons. The van der Waals surface area contributed by atoms with Crippen LogP contribution in [0.25, 0.3) is 0 Å². The number of phenols is 1. The molecule has 2 aromatic rings. The fourth-order valence-electron chi connectivity index (χ4n) is 3.42. The van der Waals surface area contributed by atoms with Gasteiger partial charge in [-0.3, -0.25) is 0 Å². The minimum absolute atomic E-state index is 0.0752. The minimum Gasteiger partial charge on any atom is -0.508 e. The Kier molecular flexibility index (Phi) is 5.54. The predicted octanol–water partition coefficient (Wildman–Crippen LogP) is 2.54. The number of aryl methyl sites for hydroxylation is 1. The lowest BCUT2D eigenvalue weighted by Gasteiger charge is -2.18. The Morgan fingerprint density at radius 2 is 1.85 bits per heavy atom. The maximum absolute atomic E-state index is 10.0.